The second kappa shape index (κ2) is 7.59. The minimum atomic E-state index is -0.0824. The Morgan fingerprint density at radius 1 is 1.17 bits per heavy atom. The van der Waals surface area contributed by atoms with Crippen molar-refractivity contribution in [2.45, 2.75) is 49.6 Å². The van der Waals surface area contributed by atoms with Crippen molar-refractivity contribution < 1.29 is 0 Å². The van der Waals surface area contributed by atoms with E-state index in [1.54, 1.807) is 11.8 Å². The van der Waals surface area contributed by atoms with Crippen LogP contribution in [0, 0.1) is 6.92 Å². The first-order chi connectivity index (χ1) is 14.6. The molecule has 0 saturated heterocycles. The third kappa shape index (κ3) is 3.05. The fraction of sp³-hybridized carbons (Fsp3) is 0.308. The van der Waals surface area contributed by atoms with Gasteiger partial charge in [-0.25, -0.2) is 4.98 Å². The summed E-state index contributed by atoms with van der Waals surface area (Å²) in [5, 5.41) is 0.745. The third-order valence-electron chi connectivity index (χ3n) is 6.53. The molecule has 1 aromatic heterocycles. The zero-order chi connectivity index (χ0) is 20.7. The Bertz CT molecular complexity index is 1190. The van der Waals surface area contributed by atoms with Crippen molar-refractivity contribution in [2.75, 3.05) is 5.75 Å². The first-order valence-electron chi connectivity index (χ1n) is 10.7. The fourth-order valence-corrected chi connectivity index (χ4v) is 5.98. The van der Waals surface area contributed by atoms with Crippen molar-refractivity contribution in [3.8, 4) is 16.9 Å². The molecule has 30 heavy (non-hydrogen) atoms. The lowest BCUT2D eigenvalue weighted by Gasteiger charge is -2.36. The Hall–Kier alpha value is -2.59. The number of fused-ring (bicyclic) bond motifs is 4. The second-order valence-corrected chi connectivity index (χ2v) is 9.51. The molecule has 0 aliphatic heterocycles. The molecule has 0 amide bonds. The van der Waals surface area contributed by atoms with Gasteiger partial charge < -0.3 is 0 Å². The first kappa shape index (κ1) is 19.4. The number of rotatable bonds is 4. The summed E-state index contributed by atoms with van der Waals surface area (Å²) >= 11 is 1.57. The number of nitrogens with zero attached hydrogens (tertiary/aromatic N) is 2. The van der Waals surface area contributed by atoms with Crippen LogP contribution in [0.1, 0.15) is 42.4 Å². The molecule has 0 unspecified atom stereocenters. The number of aryl methyl sites for hydroxylation is 1. The van der Waals surface area contributed by atoms with Crippen LogP contribution in [0.4, 0.5) is 0 Å². The highest BCUT2D eigenvalue weighted by molar-refractivity contribution is 7.99. The maximum Gasteiger partial charge on any atom is 0.263 e. The summed E-state index contributed by atoms with van der Waals surface area (Å²) in [6.45, 7) is 5.92. The molecule has 2 aliphatic rings. The smallest absolute Gasteiger partial charge is 0.263 e. The van der Waals surface area contributed by atoms with Crippen LogP contribution in [-0.4, -0.2) is 15.3 Å². The summed E-state index contributed by atoms with van der Waals surface area (Å²) in [4.78, 5) is 19.3. The molecule has 2 aliphatic carbocycles. The van der Waals surface area contributed by atoms with Gasteiger partial charge >= 0.3 is 0 Å². The zero-order valence-electron chi connectivity index (χ0n) is 17.4. The Morgan fingerprint density at radius 2 is 1.97 bits per heavy atom. The molecule has 1 spiro atoms. The van der Waals surface area contributed by atoms with Gasteiger partial charge in [0.05, 0.1) is 16.9 Å². The molecule has 0 N–H and O–H groups in total. The van der Waals surface area contributed by atoms with Crippen molar-refractivity contribution in [1.82, 2.24) is 9.55 Å². The number of thioether (sulfide) groups is 1. The summed E-state index contributed by atoms with van der Waals surface area (Å²) in [5.74, 6) is 0.712. The zero-order valence-corrected chi connectivity index (χ0v) is 18.2. The van der Waals surface area contributed by atoms with E-state index in [4.69, 9.17) is 4.98 Å². The minimum Gasteiger partial charge on any atom is -0.268 e. The van der Waals surface area contributed by atoms with Crippen LogP contribution in [-0.2, 0) is 11.8 Å². The third-order valence-corrected chi connectivity index (χ3v) is 7.47. The molecule has 2 aromatic carbocycles. The lowest BCUT2D eigenvalue weighted by Crippen LogP contribution is -2.40. The highest BCUT2D eigenvalue weighted by Crippen LogP contribution is 2.50. The normalized spacial score (nSPS) is 16.3. The van der Waals surface area contributed by atoms with E-state index in [1.165, 1.54) is 18.4 Å². The van der Waals surface area contributed by atoms with Crippen LogP contribution < -0.4 is 5.56 Å². The van der Waals surface area contributed by atoms with Crippen molar-refractivity contribution in [3.63, 3.8) is 0 Å². The number of hydrogen-bond acceptors (Lipinski definition) is 3. The highest BCUT2D eigenvalue weighted by atomic mass is 32.2. The van der Waals surface area contributed by atoms with E-state index in [1.807, 2.05) is 22.8 Å². The molecule has 1 fully saturated rings. The van der Waals surface area contributed by atoms with Crippen LogP contribution in [0.2, 0.25) is 0 Å². The second-order valence-electron chi connectivity index (χ2n) is 8.52. The molecule has 1 saturated carbocycles. The van der Waals surface area contributed by atoms with Gasteiger partial charge in [0, 0.05) is 16.7 Å². The molecule has 0 radical (unpaired) electrons. The van der Waals surface area contributed by atoms with E-state index in [2.05, 4.69) is 49.9 Å². The predicted molar refractivity (Wildman–Crippen MR) is 125 cm³/mol. The predicted octanol–water partition coefficient (Wildman–Crippen LogP) is 5.85. The van der Waals surface area contributed by atoms with Crippen molar-refractivity contribution in [3.05, 3.63) is 88.2 Å². The van der Waals surface area contributed by atoms with Gasteiger partial charge in [-0.3, -0.25) is 9.36 Å². The van der Waals surface area contributed by atoms with Crippen LogP contribution in [0.15, 0.2) is 71.1 Å². The summed E-state index contributed by atoms with van der Waals surface area (Å²) in [6, 6.07) is 16.7. The van der Waals surface area contributed by atoms with E-state index in [0.29, 0.717) is 5.75 Å². The van der Waals surface area contributed by atoms with Gasteiger partial charge in [0.25, 0.3) is 5.56 Å². The molecule has 0 atom stereocenters. The van der Waals surface area contributed by atoms with Crippen molar-refractivity contribution >= 4 is 11.8 Å². The number of aromatic nitrogens is 2. The topological polar surface area (TPSA) is 34.9 Å². The lowest BCUT2D eigenvalue weighted by atomic mass is 9.68. The fourth-order valence-electron chi connectivity index (χ4n) is 5.24. The average molecular weight is 415 g/mol. The summed E-state index contributed by atoms with van der Waals surface area (Å²) in [6.07, 6.45) is 7.30. The summed E-state index contributed by atoms with van der Waals surface area (Å²) < 4.78 is 1.84. The molecule has 152 valence electrons. The van der Waals surface area contributed by atoms with Gasteiger partial charge in [-0.2, -0.15) is 0 Å². The quantitative estimate of drug-likeness (QED) is 0.305. The van der Waals surface area contributed by atoms with Gasteiger partial charge in [-0.1, -0.05) is 67.1 Å². The molecule has 3 aromatic rings. The van der Waals surface area contributed by atoms with Crippen LogP contribution in [0.3, 0.4) is 0 Å². The molecular weight excluding hydrogens is 388 g/mol. The van der Waals surface area contributed by atoms with E-state index >= 15 is 0 Å². The Balaban J connectivity index is 1.84. The van der Waals surface area contributed by atoms with Crippen molar-refractivity contribution in [2.24, 2.45) is 0 Å². The van der Waals surface area contributed by atoms with Gasteiger partial charge in [0.1, 0.15) is 0 Å². The largest absolute Gasteiger partial charge is 0.268 e. The van der Waals surface area contributed by atoms with E-state index < -0.39 is 0 Å². The van der Waals surface area contributed by atoms with Gasteiger partial charge in [-0.15, -0.1) is 6.58 Å². The van der Waals surface area contributed by atoms with E-state index in [0.717, 1.165) is 52.5 Å². The van der Waals surface area contributed by atoms with Crippen molar-refractivity contribution in [1.29, 1.82) is 0 Å². The van der Waals surface area contributed by atoms with Gasteiger partial charge in [-0.05, 0) is 49.4 Å². The summed E-state index contributed by atoms with van der Waals surface area (Å²) in [7, 11) is 0. The molecule has 4 heteroatoms. The Kier molecular flexibility index (Phi) is 4.90. The lowest BCUT2D eigenvalue weighted by molar-refractivity contribution is 0.422. The molecule has 1 heterocycles. The SMILES string of the molecule is C=CCSc1nc2c(c(=O)n1-c1cccc(C)c1)C1(CCCC1)Cc1ccccc1-2. The standard InChI is InChI=1S/C26H26N2OS/c1-3-15-30-25-27-23-21-12-5-4-10-19(21)17-26(13-6-7-14-26)22(23)24(29)28(25)20-11-8-9-18(2)16-20/h3-5,8-12,16H,1,6-7,13-15,17H2,2H3. The van der Waals surface area contributed by atoms with Crippen LogP contribution in [0.5, 0.6) is 0 Å². The molecule has 0 bridgehead atoms. The molecule has 5 rings (SSSR count). The maximum absolute atomic E-state index is 14.2. The average Bonchev–Trinajstić information content (AvgIpc) is 3.20. The molecular formula is C26H26N2OS. The summed E-state index contributed by atoms with van der Waals surface area (Å²) in [5.41, 5.74) is 6.34. The highest BCUT2D eigenvalue weighted by Gasteiger charge is 2.44. The van der Waals surface area contributed by atoms with Gasteiger partial charge in [0.2, 0.25) is 0 Å². The Morgan fingerprint density at radius 3 is 2.73 bits per heavy atom. The number of benzene rings is 2. The van der Waals surface area contributed by atoms with Crippen LogP contribution in [0.25, 0.3) is 16.9 Å². The number of hydrogen-bond donors (Lipinski definition) is 0. The first-order valence-corrected chi connectivity index (χ1v) is 11.7. The maximum atomic E-state index is 14.2. The van der Waals surface area contributed by atoms with E-state index in [-0.39, 0.29) is 11.0 Å². The van der Waals surface area contributed by atoms with Crippen LogP contribution >= 0.6 is 11.8 Å². The minimum absolute atomic E-state index is 0.0824. The van der Waals surface area contributed by atoms with Gasteiger partial charge in [0.15, 0.2) is 5.16 Å². The molecule has 3 nitrogen and oxygen atoms in total. The Labute approximate surface area is 181 Å². The monoisotopic (exact) mass is 414 g/mol. The van der Waals surface area contributed by atoms with E-state index in [9.17, 15) is 4.79 Å².